The smallest absolute Gasteiger partial charge is 0.119 e. The van der Waals surface area contributed by atoms with Crippen LogP contribution in [0, 0.1) is 0 Å². The van der Waals surface area contributed by atoms with Crippen LogP contribution in [0.25, 0.3) is 0 Å². The number of aliphatic hydroxyl groups excluding tert-OH is 1. The summed E-state index contributed by atoms with van der Waals surface area (Å²) < 4.78 is 5.50. The minimum Gasteiger partial charge on any atom is -0.494 e. The van der Waals surface area contributed by atoms with Crippen LogP contribution in [0.1, 0.15) is 44.6 Å². The third-order valence-corrected chi connectivity index (χ3v) is 3.76. The third kappa shape index (κ3) is 4.51. The van der Waals surface area contributed by atoms with E-state index in [9.17, 15) is 5.11 Å². The predicted molar refractivity (Wildman–Crippen MR) is 77.3 cm³/mol. The van der Waals surface area contributed by atoms with Gasteiger partial charge in [0.15, 0.2) is 0 Å². The van der Waals surface area contributed by atoms with E-state index >= 15 is 0 Å². The van der Waals surface area contributed by atoms with Crippen molar-refractivity contribution in [2.75, 3.05) is 6.61 Å². The van der Waals surface area contributed by atoms with Crippen LogP contribution >= 0.6 is 0 Å². The first-order valence-corrected chi connectivity index (χ1v) is 7.43. The highest BCUT2D eigenvalue weighted by atomic mass is 16.5. The van der Waals surface area contributed by atoms with E-state index in [0.717, 1.165) is 31.6 Å². The van der Waals surface area contributed by atoms with Crippen LogP contribution < -0.4 is 10.1 Å². The molecule has 0 saturated heterocycles. The Balaban J connectivity index is 1.88. The molecule has 106 valence electrons. The number of benzene rings is 1. The first kappa shape index (κ1) is 14.4. The van der Waals surface area contributed by atoms with Gasteiger partial charge in [0, 0.05) is 12.6 Å². The topological polar surface area (TPSA) is 41.5 Å². The van der Waals surface area contributed by atoms with Crippen molar-refractivity contribution in [1.29, 1.82) is 0 Å². The first-order valence-electron chi connectivity index (χ1n) is 7.43. The summed E-state index contributed by atoms with van der Waals surface area (Å²) in [7, 11) is 0. The maximum absolute atomic E-state index is 10.1. The second-order valence-corrected chi connectivity index (χ2v) is 5.27. The number of hydrogen-bond donors (Lipinski definition) is 2. The number of nitrogens with one attached hydrogen (secondary N) is 1. The van der Waals surface area contributed by atoms with Gasteiger partial charge in [-0.3, -0.25) is 0 Å². The molecule has 0 heterocycles. The molecular weight excluding hydrogens is 238 g/mol. The summed E-state index contributed by atoms with van der Waals surface area (Å²) in [4.78, 5) is 0. The summed E-state index contributed by atoms with van der Waals surface area (Å²) >= 11 is 0. The SMILES string of the molecule is CCOc1cccc(CNC2CCCCCC2O)c1. The van der Waals surface area contributed by atoms with Gasteiger partial charge in [-0.1, -0.05) is 31.4 Å². The van der Waals surface area contributed by atoms with E-state index in [-0.39, 0.29) is 12.1 Å². The molecule has 0 radical (unpaired) electrons. The molecule has 1 aliphatic rings. The van der Waals surface area contributed by atoms with Crippen LogP contribution in [0.3, 0.4) is 0 Å². The fourth-order valence-electron chi connectivity index (χ4n) is 2.69. The van der Waals surface area contributed by atoms with Gasteiger partial charge in [-0.15, -0.1) is 0 Å². The Bertz CT molecular complexity index is 381. The molecule has 2 rings (SSSR count). The number of aliphatic hydroxyl groups is 1. The van der Waals surface area contributed by atoms with Crippen molar-refractivity contribution in [3.05, 3.63) is 29.8 Å². The Labute approximate surface area is 116 Å². The van der Waals surface area contributed by atoms with Gasteiger partial charge in [0.25, 0.3) is 0 Å². The number of hydrogen-bond acceptors (Lipinski definition) is 3. The molecule has 0 spiro atoms. The van der Waals surface area contributed by atoms with Crippen molar-refractivity contribution < 1.29 is 9.84 Å². The zero-order valence-corrected chi connectivity index (χ0v) is 11.8. The molecule has 3 nitrogen and oxygen atoms in total. The molecule has 0 aliphatic heterocycles. The van der Waals surface area contributed by atoms with E-state index in [1.165, 1.54) is 18.4 Å². The molecule has 3 heteroatoms. The molecule has 0 bridgehead atoms. The van der Waals surface area contributed by atoms with Gasteiger partial charge in [0.05, 0.1) is 12.7 Å². The summed E-state index contributed by atoms with van der Waals surface area (Å²) in [5.74, 6) is 0.920. The van der Waals surface area contributed by atoms with Gasteiger partial charge in [-0.25, -0.2) is 0 Å². The maximum atomic E-state index is 10.1. The summed E-state index contributed by atoms with van der Waals surface area (Å²) in [6.45, 7) is 3.48. The molecule has 1 fully saturated rings. The summed E-state index contributed by atoms with van der Waals surface area (Å²) in [6, 6.07) is 8.40. The Hall–Kier alpha value is -1.06. The highest BCUT2D eigenvalue weighted by molar-refractivity contribution is 5.28. The minimum absolute atomic E-state index is 0.197. The molecule has 1 aromatic rings. The van der Waals surface area contributed by atoms with Crippen LogP contribution in [0.15, 0.2) is 24.3 Å². The average molecular weight is 263 g/mol. The lowest BCUT2D eigenvalue weighted by molar-refractivity contribution is 0.119. The van der Waals surface area contributed by atoms with Gasteiger partial charge in [-0.2, -0.15) is 0 Å². The van der Waals surface area contributed by atoms with E-state index in [4.69, 9.17) is 4.74 Å². The molecule has 1 aromatic carbocycles. The summed E-state index contributed by atoms with van der Waals surface area (Å²) in [5, 5.41) is 13.6. The van der Waals surface area contributed by atoms with Crippen molar-refractivity contribution in [3.63, 3.8) is 0 Å². The molecule has 2 unspecified atom stereocenters. The number of ether oxygens (including phenoxy) is 1. The molecule has 0 aromatic heterocycles. The first-order chi connectivity index (χ1) is 9.29. The minimum atomic E-state index is -0.197. The highest BCUT2D eigenvalue weighted by Crippen LogP contribution is 2.19. The van der Waals surface area contributed by atoms with Gasteiger partial charge in [0.1, 0.15) is 5.75 Å². The summed E-state index contributed by atoms with van der Waals surface area (Å²) in [6.07, 6.45) is 5.42. The quantitative estimate of drug-likeness (QED) is 0.803. The molecule has 0 amide bonds. The van der Waals surface area contributed by atoms with Crippen molar-refractivity contribution in [2.45, 2.75) is 57.7 Å². The molecular formula is C16H25NO2. The van der Waals surface area contributed by atoms with E-state index in [2.05, 4.69) is 17.4 Å². The second kappa shape index (κ2) is 7.51. The van der Waals surface area contributed by atoms with Gasteiger partial charge < -0.3 is 15.2 Å². The Morgan fingerprint density at radius 2 is 2.11 bits per heavy atom. The normalized spacial score (nSPS) is 23.9. The highest BCUT2D eigenvalue weighted by Gasteiger charge is 2.20. The molecule has 19 heavy (non-hydrogen) atoms. The Morgan fingerprint density at radius 3 is 2.95 bits per heavy atom. The predicted octanol–water partition coefficient (Wildman–Crippen LogP) is 2.87. The Morgan fingerprint density at radius 1 is 1.26 bits per heavy atom. The van der Waals surface area contributed by atoms with Crippen LogP contribution in [-0.4, -0.2) is 23.9 Å². The maximum Gasteiger partial charge on any atom is 0.119 e. The molecule has 2 atom stereocenters. The van der Waals surface area contributed by atoms with Crippen molar-refractivity contribution in [1.82, 2.24) is 5.32 Å². The van der Waals surface area contributed by atoms with E-state index in [1.54, 1.807) is 0 Å². The zero-order valence-electron chi connectivity index (χ0n) is 11.8. The average Bonchev–Trinajstić information content (AvgIpc) is 2.62. The molecule has 2 N–H and O–H groups in total. The van der Waals surface area contributed by atoms with Crippen LogP contribution in [-0.2, 0) is 6.54 Å². The van der Waals surface area contributed by atoms with E-state index < -0.39 is 0 Å². The summed E-state index contributed by atoms with van der Waals surface area (Å²) in [5.41, 5.74) is 1.21. The van der Waals surface area contributed by atoms with Gasteiger partial charge >= 0.3 is 0 Å². The molecule has 1 aliphatic carbocycles. The third-order valence-electron chi connectivity index (χ3n) is 3.76. The van der Waals surface area contributed by atoms with E-state index in [1.807, 2.05) is 19.1 Å². The van der Waals surface area contributed by atoms with Gasteiger partial charge in [0.2, 0.25) is 0 Å². The van der Waals surface area contributed by atoms with Crippen molar-refractivity contribution in [3.8, 4) is 5.75 Å². The second-order valence-electron chi connectivity index (χ2n) is 5.27. The monoisotopic (exact) mass is 263 g/mol. The fraction of sp³-hybridized carbons (Fsp3) is 0.625. The fourth-order valence-corrected chi connectivity index (χ4v) is 2.69. The number of rotatable bonds is 5. The van der Waals surface area contributed by atoms with Gasteiger partial charge in [-0.05, 0) is 37.5 Å². The standard InChI is InChI=1S/C16H25NO2/c1-2-19-14-8-6-7-13(11-14)12-17-15-9-4-3-5-10-16(15)18/h6-8,11,15-18H,2-5,9-10,12H2,1H3. The lowest BCUT2D eigenvalue weighted by atomic mass is 10.1. The largest absolute Gasteiger partial charge is 0.494 e. The van der Waals surface area contributed by atoms with Crippen molar-refractivity contribution in [2.24, 2.45) is 0 Å². The lowest BCUT2D eigenvalue weighted by Gasteiger charge is -2.22. The van der Waals surface area contributed by atoms with Crippen LogP contribution in [0.2, 0.25) is 0 Å². The lowest BCUT2D eigenvalue weighted by Crippen LogP contribution is -2.38. The zero-order chi connectivity index (χ0) is 13.5. The Kier molecular flexibility index (Phi) is 5.67. The van der Waals surface area contributed by atoms with Crippen LogP contribution in [0.5, 0.6) is 5.75 Å². The molecule has 1 saturated carbocycles. The van der Waals surface area contributed by atoms with E-state index in [0.29, 0.717) is 6.61 Å². The van der Waals surface area contributed by atoms with Crippen LogP contribution in [0.4, 0.5) is 0 Å². The van der Waals surface area contributed by atoms with Crippen molar-refractivity contribution >= 4 is 0 Å².